The maximum Gasteiger partial charge on any atom is 0.255 e. The lowest BCUT2D eigenvalue weighted by atomic mass is 9.57. The average Bonchev–Trinajstić information content (AvgIpc) is 2.90. The van der Waals surface area contributed by atoms with Crippen LogP contribution >= 0.6 is 0 Å². The van der Waals surface area contributed by atoms with Gasteiger partial charge in [0.25, 0.3) is 5.91 Å². The first kappa shape index (κ1) is 28.3. The van der Waals surface area contributed by atoms with E-state index in [9.17, 15) is 34.8 Å². The summed E-state index contributed by atoms with van der Waals surface area (Å²) in [7, 11) is 6.97. The van der Waals surface area contributed by atoms with E-state index in [-0.39, 0.29) is 36.3 Å². The number of anilines is 1. The maximum atomic E-state index is 14.1. The van der Waals surface area contributed by atoms with Crippen LogP contribution in [0.2, 0.25) is 0 Å². The van der Waals surface area contributed by atoms with Crippen molar-refractivity contribution in [3.05, 3.63) is 63.9 Å². The Hall–Kier alpha value is -4.19. The van der Waals surface area contributed by atoms with E-state index in [1.54, 1.807) is 20.2 Å². The predicted molar refractivity (Wildman–Crippen MR) is 152 cm³/mol. The van der Waals surface area contributed by atoms with Crippen LogP contribution < -0.4 is 16.4 Å². The standard InChI is InChI=1S/C30H34N4O7/c1-33(2)16-7-5-13(6-8-16)17-10-15(12-31)24(35)21-18(17)9-14-11-19-23(34(3)4)26(37)22(29(32)40)28(39)30(19,41)27(38)20(14)25(21)36/h5-8,10,14,19,23,35-36,39,41H,9,11-12,31H2,1-4H3,(H2,32,40). The van der Waals surface area contributed by atoms with Crippen LogP contribution in [-0.4, -0.2) is 82.6 Å². The molecule has 0 radical (unpaired) electrons. The first-order valence-electron chi connectivity index (χ1n) is 13.3. The summed E-state index contributed by atoms with van der Waals surface area (Å²) in [6.45, 7) is -0.0496. The monoisotopic (exact) mass is 562 g/mol. The number of fused-ring (bicyclic) bond motifs is 3. The number of likely N-dealkylation sites (N-methyl/N-ethyl adjacent to an activating group) is 1. The third-order valence-corrected chi connectivity index (χ3v) is 8.71. The number of amides is 1. The molecule has 2 aromatic carbocycles. The van der Waals surface area contributed by atoms with Crippen LogP contribution in [0.15, 0.2) is 47.2 Å². The Morgan fingerprint density at radius 2 is 1.71 bits per heavy atom. The molecule has 1 fully saturated rings. The summed E-state index contributed by atoms with van der Waals surface area (Å²) in [6, 6.07) is 8.33. The van der Waals surface area contributed by atoms with Crippen LogP contribution in [0.4, 0.5) is 5.69 Å². The molecule has 8 N–H and O–H groups in total. The summed E-state index contributed by atoms with van der Waals surface area (Å²) in [5, 5.41) is 45.5. The zero-order chi connectivity index (χ0) is 30.1. The van der Waals surface area contributed by atoms with Crippen molar-refractivity contribution in [3.63, 3.8) is 0 Å². The molecule has 11 heteroatoms. The molecule has 0 saturated heterocycles. The van der Waals surface area contributed by atoms with Gasteiger partial charge in [-0.05, 0) is 67.7 Å². The van der Waals surface area contributed by atoms with Crippen LogP contribution in [0.3, 0.4) is 0 Å². The van der Waals surface area contributed by atoms with E-state index in [1.165, 1.54) is 4.90 Å². The molecule has 0 aromatic heterocycles. The normalized spacial score (nSPS) is 25.7. The summed E-state index contributed by atoms with van der Waals surface area (Å²) < 4.78 is 0. The molecule has 0 spiro atoms. The second kappa shape index (κ2) is 9.72. The van der Waals surface area contributed by atoms with Gasteiger partial charge in [-0.15, -0.1) is 0 Å². The van der Waals surface area contributed by atoms with E-state index < -0.39 is 58.0 Å². The van der Waals surface area contributed by atoms with E-state index in [4.69, 9.17) is 11.5 Å². The summed E-state index contributed by atoms with van der Waals surface area (Å²) in [5.41, 5.74) is 11.0. The SMILES string of the molecule is CN(C)c1ccc(-c2cc(CN)c(O)c3c2CC2CC4C(N(C)C)C(=O)C(C(N)=O)=C(O)C4(O)C(=O)C2=C3O)cc1. The highest BCUT2D eigenvalue weighted by Crippen LogP contribution is 2.54. The fourth-order valence-electron chi connectivity index (χ4n) is 6.72. The van der Waals surface area contributed by atoms with Gasteiger partial charge in [0, 0.05) is 43.4 Å². The molecule has 216 valence electrons. The minimum atomic E-state index is -2.68. The Morgan fingerprint density at radius 1 is 1.07 bits per heavy atom. The van der Waals surface area contributed by atoms with Crippen molar-refractivity contribution >= 4 is 28.9 Å². The minimum Gasteiger partial charge on any atom is -0.508 e. The first-order chi connectivity index (χ1) is 19.2. The van der Waals surface area contributed by atoms with E-state index >= 15 is 0 Å². The summed E-state index contributed by atoms with van der Waals surface area (Å²) >= 11 is 0. The lowest BCUT2D eigenvalue weighted by molar-refractivity contribution is -0.153. The molecule has 41 heavy (non-hydrogen) atoms. The number of hydrogen-bond donors (Lipinski definition) is 6. The van der Waals surface area contributed by atoms with Crippen LogP contribution in [0.5, 0.6) is 5.75 Å². The summed E-state index contributed by atoms with van der Waals surface area (Å²) in [5.74, 6) is -6.86. The van der Waals surface area contributed by atoms with Crippen molar-refractivity contribution in [2.75, 3.05) is 33.1 Å². The Labute approximate surface area is 237 Å². The molecule has 2 aromatic rings. The molecular formula is C30H34N4O7. The number of primary amides is 1. The van der Waals surface area contributed by atoms with Crippen molar-refractivity contribution in [2.24, 2.45) is 23.3 Å². The fourth-order valence-corrected chi connectivity index (χ4v) is 6.72. The number of nitrogens with two attached hydrogens (primary N) is 2. The van der Waals surface area contributed by atoms with Crippen molar-refractivity contribution in [1.82, 2.24) is 4.90 Å². The van der Waals surface area contributed by atoms with E-state index in [1.807, 2.05) is 43.3 Å². The van der Waals surface area contributed by atoms with Crippen LogP contribution in [0.1, 0.15) is 23.1 Å². The summed E-state index contributed by atoms with van der Waals surface area (Å²) in [6.07, 6.45) is 0.210. The predicted octanol–water partition coefficient (Wildman–Crippen LogP) is 1.16. The highest BCUT2D eigenvalue weighted by Gasteiger charge is 2.64. The largest absolute Gasteiger partial charge is 0.508 e. The van der Waals surface area contributed by atoms with Crippen LogP contribution in [0, 0.1) is 11.8 Å². The van der Waals surface area contributed by atoms with Gasteiger partial charge in [-0.25, -0.2) is 0 Å². The van der Waals surface area contributed by atoms with Gasteiger partial charge in [0.05, 0.1) is 11.6 Å². The van der Waals surface area contributed by atoms with E-state index in [0.717, 1.165) is 11.3 Å². The molecule has 0 heterocycles. The number of rotatable bonds is 5. The lowest BCUT2D eigenvalue weighted by Gasteiger charge is -2.50. The molecule has 3 aliphatic carbocycles. The highest BCUT2D eigenvalue weighted by atomic mass is 16.3. The van der Waals surface area contributed by atoms with Crippen molar-refractivity contribution in [1.29, 1.82) is 0 Å². The maximum absolute atomic E-state index is 14.1. The minimum absolute atomic E-state index is 0.0180. The Kier molecular flexibility index (Phi) is 6.72. The Bertz CT molecular complexity index is 1560. The molecule has 0 bridgehead atoms. The quantitative estimate of drug-likeness (QED) is 0.288. The zero-order valence-electron chi connectivity index (χ0n) is 23.3. The molecule has 0 aliphatic heterocycles. The third kappa shape index (κ3) is 3.95. The molecular weight excluding hydrogens is 528 g/mol. The molecule has 5 rings (SSSR count). The fraction of sp³-hybridized carbons (Fsp3) is 0.367. The second-order valence-corrected chi connectivity index (χ2v) is 11.4. The van der Waals surface area contributed by atoms with Gasteiger partial charge in [0.2, 0.25) is 5.78 Å². The van der Waals surface area contributed by atoms with Crippen LogP contribution in [0.25, 0.3) is 16.9 Å². The number of phenols is 1. The third-order valence-electron chi connectivity index (χ3n) is 8.71. The molecule has 3 aliphatic rings. The number of hydrogen-bond acceptors (Lipinski definition) is 10. The molecule has 4 atom stereocenters. The van der Waals surface area contributed by atoms with E-state index in [0.29, 0.717) is 16.7 Å². The number of Topliss-reactive ketones (excluding diaryl/α,β-unsaturated/α-hetero) is 2. The number of phenolic OH excluding ortho intramolecular Hbond substituents is 1. The Balaban J connectivity index is 1.75. The molecule has 11 nitrogen and oxygen atoms in total. The van der Waals surface area contributed by atoms with Crippen molar-refractivity contribution in [2.45, 2.75) is 31.0 Å². The van der Waals surface area contributed by atoms with E-state index in [2.05, 4.69) is 0 Å². The number of ketones is 2. The van der Waals surface area contributed by atoms with Gasteiger partial charge in [-0.1, -0.05) is 12.1 Å². The molecule has 1 amide bonds. The van der Waals surface area contributed by atoms with Gasteiger partial charge in [0.1, 0.15) is 22.8 Å². The number of carbonyl (C=O) groups is 3. The lowest BCUT2D eigenvalue weighted by Crippen LogP contribution is -2.65. The van der Waals surface area contributed by atoms with Gasteiger partial charge >= 0.3 is 0 Å². The van der Waals surface area contributed by atoms with Crippen LogP contribution in [-0.2, 0) is 27.3 Å². The summed E-state index contributed by atoms with van der Waals surface area (Å²) in [4.78, 5) is 42.9. The number of carbonyl (C=O) groups excluding carboxylic acids is 3. The molecule has 4 unspecified atom stereocenters. The van der Waals surface area contributed by atoms with Gasteiger partial charge < -0.3 is 36.8 Å². The average molecular weight is 563 g/mol. The van der Waals surface area contributed by atoms with Gasteiger partial charge in [0.15, 0.2) is 11.4 Å². The number of benzene rings is 2. The number of aliphatic hydroxyl groups excluding tert-OH is 2. The Morgan fingerprint density at radius 3 is 2.24 bits per heavy atom. The number of aliphatic hydroxyl groups is 3. The van der Waals surface area contributed by atoms with Crippen molar-refractivity contribution in [3.8, 4) is 16.9 Å². The molecule has 1 saturated carbocycles. The second-order valence-electron chi connectivity index (χ2n) is 11.4. The van der Waals surface area contributed by atoms with Crippen molar-refractivity contribution < 1.29 is 34.8 Å². The highest BCUT2D eigenvalue weighted by molar-refractivity contribution is 6.24. The smallest absolute Gasteiger partial charge is 0.255 e. The van der Waals surface area contributed by atoms with Gasteiger partial charge in [-0.2, -0.15) is 0 Å². The number of nitrogens with zero attached hydrogens (tertiary/aromatic N) is 2. The first-order valence-corrected chi connectivity index (χ1v) is 13.3. The topological polar surface area (TPSA) is 191 Å². The van der Waals surface area contributed by atoms with Gasteiger partial charge in [-0.3, -0.25) is 19.3 Å². The number of aromatic hydroxyl groups is 1. The zero-order valence-corrected chi connectivity index (χ0v) is 23.3.